The zero-order chi connectivity index (χ0) is 14.4. The normalized spacial score (nSPS) is 19.2. The summed E-state index contributed by atoms with van der Waals surface area (Å²) in [5, 5.41) is 6.06. The molecular formula is C15H23ClN2O3. The Bertz CT molecular complexity index is 450. The van der Waals surface area contributed by atoms with Crippen LogP contribution in [0.15, 0.2) is 24.3 Å². The minimum absolute atomic E-state index is 0. The lowest BCUT2D eigenvalue weighted by atomic mass is 10.2. The number of nitrogens with one attached hydrogen (secondary N) is 2. The Morgan fingerprint density at radius 1 is 1.57 bits per heavy atom. The first kappa shape index (κ1) is 17.8. The molecule has 2 unspecified atom stereocenters. The number of rotatable bonds is 5. The van der Waals surface area contributed by atoms with Crippen LogP contribution in [-0.4, -0.2) is 44.4 Å². The molecule has 1 aromatic carbocycles. The molecule has 2 atom stereocenters. The number of hydrogen-bond donors (Lipinski definition) is 2. The maximum atomic E-state index is 12.0. The van der Waals surface area contributed by atoms with Crippen molar-refractivity contribution in [2.45, 2.75) is 25.9 Å². The Morgan fingerprint density at radius 2 is 2.38 bits per heavy atom. The van der Waals surface area contributed by atoms with Crippen LogP contribution in [0.25, 0.3) is 0 Å². The molecular weight excluding hydrogens is 292 g/mol. The van der Waals surface area contributed by atoms with Crippen LogP contribution in [0.5, 0.6) is 5.75 Å². The second-order valence-corrected chi connectivity index (χ2v) is 5.12. The molecule has 2 rings (SSSR count). The lowest BCUT2D eigenvalue weighted by Crippen LogP contribution is -2.53. The Labute approximate surface area is 131 Å². The fraction of sp³-hybridized carbons (Fsp3) is 0.533. The molecule has 1 heterocycles. The van der Waals surface area contributed by atoms with E-state index in [0.29, 0.717) is 26.4 Å². The average Bonchev–Trinajstić information content (AvgIpc) is 2.46. The number of aryl methyl sites for hydroxylation is 1. The van der Waals surface area contributed by atoms with Gasteiger partial charge in [-0.05, 0) is 31.5 Å². The molecule has 1 aliphatic rings. The molecule has 5 nitrogen and oxygen atoms in total. The maximum absolute atomic E-state index is 12.0. The quantitative estimate of drug-likeness (QED) is 0.860. The SMILES string of the molecule is Cc1cccc(OCC(C)NC(=O)C2COCCN2)c1.Cl. The van der Waals surface area contributed by atoms with E-state index in [1.54, 1.807) is 0 Å². The maximum Gasteiger partial charge on any atom is 0.239 e. The first-order chi connectivity index (χ1) is 9.65. The van der Waals surface area contributed by atoms with E-state index < -0.39 is 0 Å². The summed E-state index contributed by atoms with van der Waals surface area (Å²) >= 11 is 0. The molecule has 2 N–H and O–H groups in total. The fourth-order valence-corrected chi connectivity index (χ4v) is 2.05. The first-order valence-electron chi connectivity index (χ1n) is 6.96. The third-order valence-electron chi connectivity index (χ3n) is 3.12. The molecule has 0 aliphatic carbocycles. The molecule has 0 aromatic heterocycles. The van der Waals surface area contributed by atoms with Crippen LogP contribution in [0.3, 0.4) is 0 Å². The summed E-state index contributed by atoms with van der Waals surface area (Å²) < 4.78 is 10.9. The van der Waals surface area contributed by atoms with Crippen molar-refractivity contribution in [3.63, 3.8) is 0 Å². The van der Waals surface area contributed by atoms with Gasteiger partial charge in [0.05, 0.1) is 19.3 Å². The summed E-state index contributed by atoms with van der Waals surface area (Å²) in [5.74, 6) is 0.787. The van der Waals surface area contributed by atoms with E-state index >= 15 is 0 Å². The summed E-state index contributed by atoms with van der Waals surface area (Å²) in [6.45, 7) is 6.20. The van der Waals surface area contributed by atoms with Gasteiger partial charge in [-0.1, -0.05) is 12.1 Å². The van der Waals surface area contributed by atoms with Gasteiger partial charge in [0.1, 0.15) is 18.4 Å². The molecule has 1 saturated heterocycles. The highest BCUT2D eigenvalue weighted by atomic mass is 35.5. The predicted octanol–water partition coefficient (Wildman–Crippen LogP) is 1.29. The summed E-state index contributed by atoms with van der Waals surface area (Å²) in [5.41, 5.74) is 1.16. The second kappa shape index (κ2) is 8.87. The number of carbonyl (C=O) groups excluding carboxylic acids is 1. The van der Waals surface area contributed by atoms with Gasteiger partial charge in [-0.15, -0.1) is 12.4 Å². The Kier molecular flexibility index (Phi) is 7.50. The highest BCUT2D eigenvalue weighted by Gasteiger charge is 2.22. The zero-order valence-corrected chi connectivity index (χ0v) is 13.2. The second-order valence-electron chi connectivity index (χ2n) is 5.12. The predicted molar refractivity (Wildman–Crippen MR) is 84.1 cm³/mol. The number of amides is 1. The van der Waals surface area contributed by atoms with Gasteiger partial charge >= 0.3 is 0 Å². The van der Waals surface area contributed by atoms with Crippen molar-refractivity contribution in [3.05, 3.63) is 29.8 Å². The Morgan fingerprint density at radius 3 is 3.05 bits per heavy atom. The number of ether oxygens (including phenoxy) is 2. The van der Waals surface area contributed by atoms with Crippen molar-refractivity contribution in [2.75, 3.05) is 26.4 Å². The molecule has 1 fully saturated rings. The highest BCUT2D eigenvalue weighted by Crippen LogP contribution is 2.12. The highest BCUT2D eigenvalue weighted by molar-refractivity contribution is 5.85. The molecule has 6 heteroatoms. The molecule has 0 spiro atoms. The third kappa shape index (κ3) is 5.91. The van der Waals surface area contributed by atoms with Gasteiger partial charge in [-0.2, -0.15) is 0 Å². The third-order valence-corrected chi connectivity index (χ3v) is 3.12. The Hall–Kier alpha value is -1.30. The topological polar surface area (TPSA) is 59.6 Å². The smallest absolute Gasteiger partial charge is 0.239 e. The molecule has 0 radical (unpaired) electrons. The largest absolute Gasteiger partial charge is 0.491 e. The van der Waals surface area contributed by atoms with Crippen LogP contribution in [0, 0.1) is 6.92 Å². The lowest BCUT2D eigenvalue weighted by molar-refractivity contribution is -0.126. The molecule has 1 amide bonds. The summed E-state index contributed by atoms with van der Waals surface area (Å²) in [7, 11) is 0. The molecule has 1 aromatic rings. The van der Waals surface area contributed by atoms with Crippen LogP contribution in [0.2, 0.25) is 0 Å². The Balaban J connectivity index is 0.00000220. The van der Waals surface area contributed by atoms with Gasteiger partial charge in [0.25, 0.3) is 0 Å². The zero-order valence-electron chi connectivity index (χ0n) is 12.4. The number of hydrogen-bond acceptors (Lipinski definition) is 4. The molecule has 118 valence electrons. The van der Waals surface area contributed by atoms with Gasteiger partial charge in [0, 0.05) is 6.54 Å². The van der Waals surface area contributed by atoms with Crippen LogP contribution in [-0.2, 0) is 9.53 Å². The van der Waals surface area contributed by atoms with Crippen molar-refractivity contribution in [1.82, 2.24) is 10.6 Å². The number of benzene rings is 1. The van der Waals surface area contributed by atoms with E-state index in [0.717, 1.165) is 11.3 Å². The summed E-state index contributed by atoms with van der Waals surface area (Å²) in [4.78, 5) is 12.0. The van der Waals surface area contributed by atoms with E-state index in [2.05, 4.69) is 10.6 Å². The first-order valence-corrected chi connectivity index (χ1v) is 6.96. The fourth-order valence-electron chi connectivity index (χ4n) is 2.05. The van der Waals surface area contributed by atoms with Gasteiger partial charge < -0.3 is 20.1 Å². The standard InChI is InChI=1S/C15H22N2O3.ClH/c1-11-4-3-5-13(8-11)20-9-12(2)17-15(18)14-10-19-7-6-16-14;/h3-5,8,12,14,16H,6-7,9-10H2,1-2H3,(H,17,18);1H. The molecule has 1 aliphatic heterocycles. The van der Waals surface area contributed by atoms with Gasteiger partial charge in [0.2, 0.25) is 5.91 Å². The molecule has 0 bridgehead atoms. The number of morpholine rings is 1. The van der Waals surface area contributed by atoms with E-state index in [1.807, 2.05) is 38.1 Å². The summed E-state index contributed by atoms with van der Waals surface area (Å²) in [6, 6.07) is 7.56. The summed E-state index contributed by atoms with van der Waals surface area (Å²) in [6.07, 6.45) is 0. The van der Waals surface area contributed by atoms with Crippen LogP contribution in [0.1, 0.15) is 12.5 Å². The molecule has 21 heavy (non-hydrogen) atoms. The monoisotopic (exact) mass is 314 g/mol. The van der Waals surface area contributed by atoms with Gasteiger partial charge in [-0.25, -0.2) is 0 Å². The van der Waals surface area contributed by atoms with E-state index in [-0.39, 0.29) is 30.4 Å². The molecule has 0 saturated carbocycles. The minimum Gasteiger partial charge on any atom is -0.491 e. The van der Waals surface area contributed by atoms with Crippen molar-refractivity contribution in [3.8, 4) is 5.75 Å². The van der Waals surface area contributed by atoms with Crippen molar-refractivity contribution in [1.29, 1.82) is 0 Å². The van der Waals surface area contributed by atoms with Crippen LogP contribution in [0.4, 0.5) is 0 Å². The lowest BCUT2D eigenvalue weighted by Gasteiger charge is -2.24. The van der Waals surface area contributed by atoms with Crippen LogP contribution < -0.4 is 15.4 Å². The van der Waals surface area contributed by atoms with Crippen LogP contribution >= 0.6 is 12.4 Å². The number of halogens is 1. The van der Waals surface area contributed by atoms with Crippen molar-refractivity contribution < 1.29 is 14.3 Å². The van der Waals surface area contributed by atoms with E-state index in [4.69, 9.17) is 9.47 Å². The number of carbonyl (C=O) groups is 1. The minimum atomic E-state index is -0.259. The van der Waals surface area contributed by atoms with Crippen molar-refractivity contribution >= 4 is 18.3 Å². The average molecular weight is 315 g/mol. The van der Waals surface area contributed by atoms with Gasteiger partial charge in [-0.3, -0.25) is 4.79 Å². The van der Waals surface area contributed by atoms with E-state index in [9.17, 15) is 4.79 Å². The van der Waals surface area contributed by atoms with E-state index in [1.165, 1.54) is 0 Å². The van der Waals surface area contributed by atoms with Gasteiger partial charge in [0.15, 0.2) is 0 Å². The van der Waals surface area contributed by atoms with Crippen molar-refractivity contribution in [2.24, 2.45) is 0 Å².